The molecule has 0 spiro atoms. The average Bonchev–Trinajstić information content (AvgIpc) is 2.76. The number of benzene rings is 1. The third-order valence-corrected chi connectivity index (χ3v) is 6.46. The summed E-state index contributed by atoms with van der Waals surface area (Å²) in [5.74, 6) is -0.0563. The number of ether oxygens (including phenoxy) is 1. The zero-order valence-electron chi connectivity index (χ0n) is 21.0. The molecule has 0 atom stereocenters. The van der Waals surface area contributed by atoms with Gasteiger partial charge in [-0.2, -0.15) is 0 Å². The van der Waals surface area contributed by atoms with E-state index >= 15 is 0 Å². The lowest BCUT2D eigenvalue weighted by atomic mass is 10.0. The minimum Gasteiger partial charge on any atom is -0.461 e. The second kappa shape index (κ2) is 19.4. The first-order valence-corrected chi connectivity index (χ1v) is 13.3. The van der Waals surface area contributed by atoms with Crippen LogP contribution in [0.3, 0.4) is 0 Å². The molecule has 0 unspecified atom stereocenters. The third-order valence-electron chi connectivity index (χ3n) is 6.46. The molecule has 0 fully saturated rings. The molecule has 0 aromatic heterocycles. The Bertz CT molecular complexity index is 564. The van der Waals surface area contributed by atoms with Gasteiger partial charge in [-0.25, -0.2) is 0 Å². The van der Waals surface area contributed by atoms with Gasteiger partial charge in [0.05, 0.1) is 0 Å². The zero-order chi connectivity index (χ0) is 22.6. The van der Waals surface area contributed by atoms with Crippen LogP contribution in [0.5, 0.6) is 0 Å². The quantitative estimate of drug-likeness (QED) is 0.152. The summed E-state index contributed by atoms with van der Waals surface area (Å²) in [5.41, 5.74) is 3.61. The van der Waals surface area contributed by atoms with Crippen molar-refractivity contribution >= 4 is 5.97 Å². The minimum atomic E-state index is -0.0563. The molecule has 1 rings (SSSR count). The van der Waals surface area contributed by atoms with Gasteiger partial charge in [0.15, 0.2) is 0 Å². The summed E-state index contributed by atoms with van der Waals surface area (Å²) < 4.78 is 5.41. The number of rotatable bonds is 20. The van der Waals surface area contributed by atoms with Gasteiger partial charge in [-0.1, -0.05) is 128 Å². The van der Waals surface area contributed by atoms with Gasteiger partial charge in [0.1, 0.15) is 6.61 Å². The van der Waals surface area contributed by atoms with Crippen LogP contribution in [0.2, 0.25) is 0 Å². The Hall–Kier alpha value is -1.31. The molecule has 2 heteroatoms. The van der Waals surface area contributed by atoms with Crippen LogP contribution in [-0.4, -0.2) is 5.97 Å². The highest BCUT2D eigenvalue weighted by molar-refractivity contribution is 5.69. The van der Waals surface area contributed by atoms with Crippen molar-refractivity contribution in [2.45, 2.75) is 143 Å². The Morgan fingerprint density at radius 2 is 1.10 bits per heavy atom. The minimum absolute atomic E-state index is 0.0563. The van der Waals surface area contributed by atoms with Gasteiger partial charge in [-0.3, -0.25) is 4.79 Å². The van der Waals surface area contributed by atoms with Gasteiger partial charge in [0.2, 0.25) is 0 Å². The van der Waals surface area contributed by atoms with E-state index in [9.17, 15) is 4.79 Å². The van der Waals surface area contributed by atoms with E-state index in [1.807, 2.05) is 6.07 Å². The Labute approximate surface area is 193 Å². The molecule has 0 saturated carbocycles. The van der Waals surface area contributed by atoms with Crippen molar-refractivity contribution < 1.29 is 9.53 Å². The fourth-order valence-corrected chi connectivity index (χ4v) is 4.12. The number of esters is 1. The van der Waals surface area contributed by atoms with E-state index in [4.69, 9.17) is 4.74 Å². The van der Waals surface area contributed by atoms with Crippen molar-refractivity contribution in [1.82, 2.24) is 0 Å². The first-order chi connectivity index (χ1) is 15.1. The molecule has 1 aromatic carbocycles. The third kappa shape index (κ3) is 16.0. The topological polar surface area (TPSA) is 26.3 Å². The van der Waals surface area contributed by atoms with E-state index in [2.05, 4.69) is 32.9 Å². The Kier molecular flexibility index (Phi) is 17.3. The standard InChI is InChI=1S/C29H50O2/c1-4-5-6-7-8-9-10-11-12-13-14-15-16-17-18-19-20-21-29(30)31-25-28-23-22-26(2)27(3)24-28/h22-24H,4-21,25H2,1-3H3. The molecule has 178 valence electrons. The van der Waals surface area contributed by atoms with Crippen molar-refractivity contribution in [3.63, 3.8) is 0 Å². The number of carbonyl (C=O) groups excluding carboxylic acids is 1. The number of unbranched alkanes of at least 4 members (excludes halogenated alkanes) is 16. The van der Waals surface area contributed by atoms with Crippen LogP contribution in [0.4, 0.5) is 0 Å². The molecule has 0 saturated heterocycles. The molecular weight excluding hydrogens is 380 g/mol. The molecule has 0 radical (unpaired) electrons. The van der Waals surface area contributed by atoms with Crippen molar-refractivity contribution in [1.29, 1.82) is 0 Å². The van der Waals surface area contributed by atoms with E-state index < -0.39 is 0 Å². The van der Waals surface area contributed by atoms with E-state index in [1.165, 1.54) is 107 Å². The first-order valence-electron chi connectivity index (χ1n) is 13.3. The van der Waals surface area contributed by atoms with Crippen LogP contribution in [0.1, 0.15) is 139 Å². The van der Waals surface area contributed by atoms with Gasteiger partial charge in [0.25, 0.3) is 0 Å². The van der Waals surface area contributed by atoms with E-state index in [1.54, 1.807) is 0 Å². The van der Waals surface area contributed by atoms with E-state index in [0.29, 0.717) is 13.0 Å². The fourth-order valence-electron chi connectivity index (χ4n) is 4.12. The highest BCUT2D eigenvalue weighted by Crippen LogP contribution is 2.15. The summed E-state index contributed by atoms with van der Waals surface area (Å²) in [6, 6.07) is 6.25. The molecule has 0 aliphatic rings. The molecule has 2 nitrogen and oxygen atoms in total. The highest BCUT2D eigenvalue weighted by atomic mass is 16.5. The molecule has 0 heterocycles. The van der Waals surface area contributed by atoms with Crippen molar-refractivity contribution in [2.75, 3.05) is 0 Å². The SMILES string of the molecule is CCCCCCCCCCCCCCCCCCCC(=O)OCc1ccc(C)c(C)c1. The van der Waals surface area contributed by atoms with Crippen LogP contribution in [0.25, 0.3) is 0 Å². The summed E-state index contributed by atoms with van der Waals surface area (Å²) in [7, 11) is 0. The molecule has 31 heavy (non-hydrogen) atoms. The Morgan fingerprint density at radius 3 is 1.55 bits per heavy atom. The Balaban J connectivity index is 1.81. The van der Waals surface area contributed by atoms with E-state index in [0.717, 1.165) is 18.4 Å². The highest BCUT2D eigenvalue weighted by Gasteiger charge is 2.04. The molecule has 1 aromatic rings. The van der Waals surface area contributed by atoms with Crippen LogP contribution >= 0.6 is 0 Å². The van der Waals surface area contributed by atoms with Gasteiger partial charge >= 0.3 is 5.97 Å². The number of carbonyl (C=O) groups is 1. The maximum atomic E-state index is 11.9. The van der Waals surface area contributed by atoms with E-state index in [-0.39, 0.29) is 5.97 Å². The predicted octanol–water partition coefficient (Wildman–Crippen LogP) is 9.39. The summed E-state index contributed by atoms with van der Waals surface area (Å²) in [5, 5.41) is 0. The van der Waals surface area contributed by atoms with Gasteiger partial charge in [-0.15, -0.1) is 0 Å². The molecule has 0 amide bonds. The molecular formula is C29H50O2. The van der Waals surface area contributed by atoms with Crippen LogP contribution in [0, 0.1) is 13.8 Å². The fraction of sp³-hybridized carbons (Fsp3) is 0.759. The monoisotopic (exact) mass is 430 g/mol. The summed E-state index contributed by atoms with van der Waals surface area (Å²) in [6.45, 7) is 6.88. The van der Waals surface area contributed by atoms with Gasteiger partial charge in [0, 0.05) is 6.42 Å². The summed E-state index contributed by atoms with van der Waals surface area (Å²) in [4.78, 5) is 11.9. The molecule has 0 aliphatic heterocycles. The van der Waals surface area contributed by atoms with Gasteiger partial charge in [-0.05, 0) is 37.0 Å². The lowest BCUT2D eigenvalue weighted by Crippen LogP contribution is -2.04. The maximum absolute atomic E-state index is 11.9. The predicted molar refractivity (Wildman–Crippen MR) is 134 cm³/mol. The lowest BCUT2D eigenvalue weighted by Gasteiger charge is -2.07. The number of aryl methyl sites for hydroxylation is 2. The second-order valence-electron chi connectivity index (χ2n) is 9.49. The van der Waals surface area contributed by atoms with Crippen molar-refractivity contribution in [3.05, 3.63) is 34.9 Å². The summed E-state index contributed by atoms with van der Waals surface area (Å²) >= 11 is 0. The lowest BCUT2D eigenvalue weighted by molar-refractivity contribution is -0.145. The molecule has 0 aliphatic carbocycles. The van der Waals surface area contributed by atoms with Crippen LogP contribution in [-0.2, 0) is 16.1 Å². The second-order valence-corrected chi connectivity index (χ2v) is 9.49. The molecule has 0 N–H and O–H groups in total. The van der Waals surface area contributed by atoms with Gasteiger partial charge < -0.3 is 4.74 Å². The van der Waals surface area contributed by atoms with Crippen molar-refractivity contribution in [2.24, 2.45) is 0 Å². The largest absolute Gasteiger partial charge is 0.461 e. The average molecular weight is 431 g/mol. The zero-order valence-corrected chi connectivity index (χ0v) is 21.0. The van der Waals surface area contributed by atoms with Crippen LogP contribution < -0.4 is 0 Å². The summed E-state index contributed by atoms with van der Waals surface area (Å²) in [6.07, 6.45) is 23.7. The van der Waals surface area contributed by atoms with Crippen LogP contribution in [0.15, 0.2) is 18.2 Å². The number of hydrogen-bond acceptors (Lipinski definition) is 2. The first kappa shape index (κ1) is 27.7. The number of hydrogen-bond donors (Lipinski definition) is 0. The normalized spacial score (nSPS) is 11.1. The van der Waals surface area contributed by atoms with Crippen molar-refractivity contribution in [3.8, 4) is 0 Å². The Morgan fingerprint density at radius 1 is 0.645 bits per heavy atom. The molecule has 0 bridgehead atoms. The maximum Gasteiger partial charge on any atom is 0.306 e. The smallest absolute Gasteiger partial charge is 0.306 e.